The van der Waals surface area contributed by atoms with Gasteiger partial charge in [-0.25, -0.2) is 4.79 Å². The number of ether oxygens (including phenoxy) is 1. The number of aliphatic hydroxyl groups excluding tert-OH is 1. The second-order valence-electron chi connectivity index (χ2n) is 5.07. The van der Waals surface area contributed by atoms with E-state index in [9.17, 15) is 14.7 Å². The van der Waals surface area contributed by atoms with Gasteiger partial charge in [-0.1, -0.05) is 0 Å². The average Bonchev–Trinajstić information content (AvgIpc) is 2.48. The van der Waals surface area contributed by atoms with Gasteiger partial charge in [0.2, 0.25) is 0 Å². The lowest BCUT2D eigenvalue weighted by atomic mass is 9.90. The highest BCUT2D eigenvalue weighted by Crippen LogP contribution is 2.21. The number of anilines is 1. The highest BCUT2D eigenvalue weighted by molar-refractivity contribution is 5.95. The lowest BCUT2D eigenvalue weighted by Crippen LogP contribution is -2.54. The van der Waals surface area contributed by atoms with Gasteiger partial charge in [-0.15, -0.1) is 0 Å². The molecular formula is C14H19N3O4. The lowest BCUT2D eigenvalue weighted by Gasteiger charge is -2.36. The first-order chi connectivity index (χ1) is 10.0. The van der Waals surface area contributed by atoms with Gasteiger partial charge in [-0.2, -0.15) is 0 Å². The minimum atomic E-state index is -0.659. The van der Waals surface area contributed by atoms with Gasteiger partial charge in [0.05, 0.1) is 12.1 Å². The first kappa shape index (κ1) is 15.3. The normalized spacial score (nSPS) is 17.0. The number of aliphatic hydroxyl groups is 1. The maximum Gasteiger partial charge on any atom is 0.316 e. The maximum absolute atomic E-state index is 12.2. The highest BCUT2D eigenvalue weighted by Gasteiger charge is 2.33. The Kier molecular flexibility index (Phi) is 4.77. The van der Waals surface area contributed by atoms with Crippen LogP contribution in [0.15, 0.2) is 24.3 Å². The molecule has 0 radical (unpaired) electrons. The van der Waals surface area contributed by atoms with Crippen LogP contribution in [0.5, 0.6) is 0 Å². The molecule has 0 unspecified atom stereocenters. The molecule has 0 saturated carbocycles. The van der Waals surface area contributed by atoms with E-state index in [1.54, 1.807) is 24.3 Å². The fourth-order valence-electron chi connectivity index (χ4n) is 2.24. The Bertz CT molecular complexity index is 509. The van der Waals surface area contributed by atoms with E-state index >= 15 is 0 Å². The summed E-state index contributed by atoms with van der Waals surface area (Å²) in [4.78, 5) is 23.0. The van der Waals surface area contributed by atoms with E-state index in [0.29, 0.717) is 37.3 Å². The van der Waals surface area contributed by atoms with Crippen molar-refractivity contribution in [3.8, 4) is 0 Å². The number of rotatable bonds is 4. The maximum atomic E-state index is 12.2. The predicted octanol–water partition coefficient (Wildman–Crippen LogP) is 0.448. The summed E-state index contributed by atoms with van der Waals surface area (Å²) in [5.41, 5.74) is 5.35. The van der Waals surface area contributed by atoms with E-state index in [1.807, 2.05) is 0 Å². The topological polar surface area (TPSA) is 114 Å². The number of nitrogens with one attached hydrogen (secondary N) is 2. The van der Waals surface area contributed by atoms with E-state index in [0.717, 1.165) is 0 Å². The monoisotopic (exact) mass is 293 g/mol. The quantitative estimate of drug-likeness (QED) is 0.645. The van der Waals surface area contributed by atoms with Crippen molar-refractivity contribution in [2.24, 2.45) is 5.73 Å². The summed E-state index contributed by atoms with van der Waals surface area (Å²) in [5, 5.41) is 14.8. The lowest BCUT2D eigenvalue weighted by molar-refractivity contribution is 0.0125. The molecule has 0 spiro atoms. The van der Waals surface area contributed by atoms with Crippen LogP contribution in [0.25, 0.3) is 0 Å². The number of hydrogen-bond donors (Lipinski definition) is 4. The summed E-state index contributed by atoms with van der Waals surface area (Å²) >= 11 is 0. The molecule has 1 fully saturated rings. The fraction of sp³-hybridized carbons (Fsp3) is 0.429. The van der Waals surface area contributed by atoms with Gasteiger partial charge >= 0.3 is 6.03 Å². The molecule has 7 nitrogen and oxygen atoms in total. The molecule has 0 atom stereocenters. The van der Waals surface area contributed by atoms with E-state index in [2.05, 4.69) is 10.6 Å². The van der Waals surface area contributed by atoms with Crippen LogP contribution in [0.4, 0.5) is 10.5 Å². The Morgan fingerprint density at radius 1 is 1.24 bits per heavy atom. The first-order valence-electron chi connectivity index (χ1n) is 6.72. The Hall–Kier alpha value is -2.12. The molecule has 7 heteroatoms. The Balaban J connectivity index is 2.03. The molecule has 2 rings (SSSR count). The van der Waals surface area contributed by atoms with E-state index in [-0.39, 0.29) is 12.5 Å². The number of carbonyl (C=O) groups excluding carboxylic acids is 2. The fourth-order valence-corrected chi connectivity index (χ4v) is 2.24. The Morgan fingerprint density at radius 2 is 1.86 bits per heavy atom. The number of hydrogen-bond acceptors (Lipinski definition) is 4. The van der Waals surface area contributed by atoms with Gasteiger partial charge in [-0.05, 0) is 37.1 Å². The van der Waals surface area contributed by atoms with Crippen LogP contribution >= 0.6 is 0 Å². The van der Waals surface area contributed by atoms with Crippen LogP contribution in [0.2, 0.25) is 0 Å². The highest BCUT2D eigenvalue weighted by atomic mass is 16.5. The molecule has 0 aromatic heterocycles. The van der Waals surface area contributed by atoms with Crippen molar-refractivity contribution in [3.63, 3.8) is 0 Å². The van der Waals surface area contributed by atoms with Gasteiger partial charge in [0.25, 0.3) is 5.91 Å². The molecule has 1 aliphatic rings. The minimum Gasteiger partial charge on any atom is -0.394 e. The van der Waals surface area contributed by atoms with Crippen molar-refractivity contribution in [2.45, 2.75) is 18.4 Å². The van der Waals surface area contributed by atoms with Gasteiger partial charge in [0.1, 0.15) is 0 Å². The largest absolute Gasteiger partial charge is 0.394 e. The second-order valence-corrected chi connectivity index (χ2v) is 5.07. The minimum absolute atomic E-state index is 0.122. The predicted molar refractivity (Wildman–Crippen MR) is 77.0 cm³/mol. The molecule has 1 aromatic rings. The van der Waals surface area contributed by atoms with E-state index in [4.69, 9.17) is 10.5 Å². The van der Waals surface area contributed by atoms with Crippen molar-refractivity contribution in [1.29, 1.82) is 0 Å². The summed E-state index contributed by atoms with van der Waals surface area (Å²) in [6.07, 6.45) is 1.16. The van der Waals surface area contributed by atoms with Crippen molar-refractivity contribution < 1.29 is 19.4 Å². The number of carbonyl (C=O) groups is 2. The third-order valence-corrected chi connectivity index (χ3v) is 3.55. The Labute approximate surface area is 122 Å². The molecule has 1 aliphatic heterocycles. The molecule has 1 heterocycles. The van der Waals surface area contributed by atoms with Crippen LogP contribution in [0.1, 0.15) is 23.2 Å². The average molecular weight is 293 g/mol. The van der Waals surface area contributed by atoms with E-state index in [1.165, 1.54) is 0 Å². The van der Waals surface area contributed by atoms with Crippen molar-refractivity contribution in [3.05, 3.63) is 29.8 Å². The molecule has 3 amide bonds. The summed E-state index contributed by atoms with van der Waals surface area (Å²) < 4.78 is 5.25. The Morgan fingerprint density at radius 3 is 2.38 bits per heavy atom. The third kappa shape index (κ3) is 3.93. The SMILES string of the molecule is NC(=O)Nc1ccc(C(=O)NC2(CO)CCOCC2)cc1. The number of primary amides is 1. The molecule has 0 aliphatic carbocycles. The van der Waals surface area contributed by atoms with Crippen LogP contribution in [0.3, 0.4) is 0 Å². The van der Waals surface area contributed by atoms with Crippen LogP contribution in [-0.4, -0.2) is 42.4 Å². The third-order valence-electron chi connectivity index (χ3n) is 3.55. The second kappa shape index (κ2) is 6.55. The van der Waals surface area contributed by atoms with Crippen molar-refractivity contribution in [1.82, 2.24) is 5.32 Å². The molecule has 1 aromatic carbocycles. The van der Waals surface area contributed by atoms with Crippen molar-refractivity contribution in [2.75, 3.05) is 25.1 Å². The van der Waals surface area contributed by atoms with Gasteiger partial charge in [0.15, 0.2) is 0 Å². The van der Waals surface area contributed by atoms with Crippen LogP contribution < -0.4 is 16.4 Å². The molecule has 21 heavy (non-hydrogen) atoms. The standard InChI is InChI=1S/C14H19N3O4/c15-13(20)16-11-3-1-10(2-4-11)12(19)17-14(9-18)5-7-21-8-6-14/h1-4,18H,5-9H2,(H,17,19)(H3,15,16,20). The molecular weight excluding hydrogens is 274 g/mol. The molecule has 1 saturated heterocycles. The van der Waals surface area contributed by atoms with Gasteiger partial charge in [0, 0.05) is 24.5 Å². The smallest absolute Gasteiger partial charge is 0.316 e. The number of urea groups is 1. The summed E-state index contributed by atoms with van der Waals surface area (Å²) in [6, 6.07) is 5.70. The zero-order valence-corrected chi connectivity index (χ0v) is 11.6. The summed E-state index contributed by atoms with van der Waals surface area (Å²) in [7, 11) is 0. The van der Waals surface area contributed by atoms with Crippen LogP contribution in [0, 0.1) is 0 Å². The first-order valence-corrected chi connectivity index (χ1v) is 6.72. The van der Waals surface area contributed by atoms with Gasteiger partial charge in [-0.3, -0.25) is 4.79 Å². The zero-order chi connectivity index (χ0) is 15.3. The number of nitrogens with two attached hydrogens (primary N) is 1. The van der Waals surface area contributed by atoms with E-state index < -0.39 is 11.6 Å². The zero-order valence-electron chi connectivity index (χ0n) is 11.6. The summed E-state index contributed by atoms with van der Waals surface area (Å²) in [6.45, 7) is 0.911. The number of amides is 3. The number of benzene rings is 1. The summed E-state index contributed by atoms with van der Waals surface area (Å²) in [5.74, 6) is -0.267. The molecule has 114 valence electrons. The molecule has 0 bridgehead atoms. The van der Waals surface area contributed by atoms with Gasteiger partial charge < -0.3 is 26.2 Å². The van der Waals surface area contributed by atoms with Crippen molar-refractivity contribution >= 4 is 17.6 Å². The van der Waals surface area contributed by atoms with Crippen LogP contribution in [-0.2, 0) is 4.74 Å². The molecule has 5 N–H and O–H groups in total.